The van der Waals surface area contributed by atoms with Crippen LogP contribution in [-0.4, -0.2) is 36.9 Å². The lowest BCUT2D eigenvalue weighted by Crippen LogP contribution is -2.43. The van der Waals surface area contributed by atoms with Crippen molar-refractivity contribution in [1.82, 2.24) is 10.6 Å². The van der Waals surface area contributed by atoms with Crippen molar-refractivity contribution in [1.29, 1.82) is 0 Å². The third kappa shape index (κ3) is 3.44. The summed E-state index contributed by atoms with van der Waals surface area (Å²) in [6, 6.07) is 0.681. The van der Waals surface area contributed by atoms with Gasteiger partial charge in [0.1, 0.15) is 0 Å². The number of aliphatic hydroxyl groups excluding tert-OH is 1. The maximum Gasteiger partial charge on any atom is 0.0580 e. The molecule has 1 saturated heterocycles. The summed E-state index contributed by atoms with van der Waals surface area (Å²) in [5.74, 6) is 0.508. The SMILES string of the molecule is OC1CCCCC1CNC1CCNCC1. The lowest BCUT2D eigenvalue weighted by Gasteiger charge is -2.31. The molecule has 3 nitrogen and oxygen atoms in total. The topological polar surface area (TPSA) is 44.3 Å². The molecule has 2 unspecified atom stereocenters. The highest BCUT2D eigenvalue weighted by Gasteiger charge is 2.23. The van der Waals surface area contributed by atoms with Crippen molar-refractivity contribution < 1.29 is 5.11 Å². The quantitative estimate of drug-likeness (QED) is 0.651. The van der Waals surface area contributed by atoms with Gasteiger partial charge >= 0.3 is 0 Å². The first-order valence-corrected chi connectivity index (χ1v) is 6.48. The molecule has 3 N–H and O–H groups in total. The number of aliphatic hydroxyl groups is 1. The van der Waals surface area contributed by atoms with Crippen molar-refractivity contribution >= 4 is 0 Å². The van der Waals surface area contributed by atoms with E-state index in [-0.39, 0.29) is 6.10 Å². The lowest BCUT2D eigenvalue weighted by molar-refractivity contribution is 0.0674. The highest BCUT2D eigenvalue weighted by Crippen LogP contribution is 2.23. The Morgan fingerprint density at radius 1 is 1.07 bits per heavy atom. The molecule has 2 fully saturated rings. The molecule has 15 heavy (non-hydrogen) atoms. The maximum absolute atomic E-state index is 9.85. The molecule has 1 saturated carbocycles. The van der Waals surface area contributed by atoms with E-state index in [2.05, 4.69) is 10.6 Å². The van der Waals surface area contributed by atoms with E-state index >= 15 is 0 Å². The Morgan fingerprint density at radius 3 is 2.53 bits per heavy atom. The average molecular weight is 212 g/mol. The molecule has 0 amide bonds. The molecular weight excluding hydrogens is 188 g/mol. The zero-order valence-corrected chi connectivity index (χ0v) is 9.54. The van der Waals surface area contributed by atoms with Crippen LogP contribution in [-0.2, 0) is 0 Å². The molecule has 2 atom stereocenters. The second kappa shape index (κ2) is 5.83. The number of piperidine rings is 1. The van der Waals surface area contributed by atoms with Crippen LogP contribution in [0.2, 0.25) is 0 Å². The third-order valence-electron chi connectivity index (χ3n) is 3.88. The van der Waals surface area contributed by atoms with Gasteiger partial charge in [0.15, 0.2) is 0 Å². The van der Waals surface area contributed by atoms with Crippen molar-refractivity contribution in [3.63, 3.8) is 0 Å². The molecule has 1 aliphatic carbocycles. The molecule has 0 radical (unpaired) electrons. The summed E-state index contributed by atoms with van der Waals surface area (Å²) in [4.78, 5) is 0. The van der Waals surface area contributed by atoms with Crippen molar-refractivity contribution in [2.45, 2.75) is 50.7 Å². The Morgan fingerprint density at radius 2 is 1.80 bits per heavy atom. The van der Waals surface area contributed by atoms with E-state index in [9.17, 15) is 5.11 Å². The van der Waals surface area contributed by atoms with E-state index in [1.807, 2.05) is 0 Å². The molecule has 0 aromatic carbocycles. The van der Waals surface area contributed by atoms with Gasteiger partial charge < -0.3 is 15.7 Å². The van der Waals surface area contributed by atoms with Crippen molar-refractivity contribution in [3.05, 3.63) is 0 Å². The summed E-state index contributed by atoms with van der Waals surface area (Å²) in [6.45, 7) is 3.31. The first kappa shape index (κ1) is 11.4. The van der Waals surface area contributed by atoms with E-state index in [0.717, 1.165) is 26.1 Å². The molecule has 0 spiro atoms. The van der Waals surface area contributed by atoms with Gasteiger partial charge in [0.25, 0.3) is 0 Å². The standard InChI is InChI=1S/C12H24N2O/c15-12-4-2-1-3-10(12)9-14-11-5-7-13-8-6-11/h10-15H,1-9H2. The molecule has 2 aliphatic rings. The third-order valence-corrected chi connectivity index (χ3v) is 3.88. The number of nitrogens with one attached hydrogen (secondary N) is 2. The smallest absolute Gasteiger partial charge is 0.0580 e. The summed E-state index contributed by atoms with van der Waals surface area (Å²) in [6.07, 6.45) is 7.16. The summed E-state index contributed by atoms with van der Waals surface area (Å²) >= 11 is 0. The Balaban J connectivity index is 1.67. The van der Waals surface area contributed by atoms with Gasteiger partial charge in [0.2, 0.25) is 0 Å². The van der Waals surface area contributed by atoms with E-state index < -0.39 is 0 Å². The first-order valence-electron chi connectivity index (χ1n) is 6.48. The molecule has 2 rings (SSSR count). The Labute approximate surface area is 92.6 Å². The maximum atomic E-state index is 9.85. The fraction of sp³-hybridized carbons (Fsp3) is 1.00. The van der Waals surface area contributed by atoms with Crippen LogP contribution in [0.5, 0.6) is 0 Å². The van der Waals surface area contributed by atoms with Gasteiger partial charge in [-0.3, -0.25) is 0 Å². The highest BCUT2D eigenvalue weighted by atomic mass is 16.3. The van der Waals surface area contributed by atoms with Crippen LogP contribution < -0.4 is 10.6 Å². The van der Waals surface area contributed by atoms with E-state index in [1.54, 1.807) is 0 Å². The average Bonchev–Trinajstić information content (AvgIpc) is 2.29. The summed E-state index contributed by atoms with van der Waals surface area (Å²) in [7, 11) is 0. The predicted octanol–water partition coefficient (Wildman–Crippen LogP) is 0.879. The normalized spacial score (nSPS) is 34.2. The van der Waals surface area contributed by atoms with Crippen LogP contribution in [0.4, 0.5) is 0 Å². The van der Waals surface area contributed by atoms with Crippen LogP contribution in [0.1, 0.15) is 38.5 Å². The van der Waals surface area contributed by atoms with E-state index in [0.29, 0.717) is 12.0 Å². The van der Waals surface area contributed by atoms with Gasteiger partial charge in [0.05, 0.1) is 6.10 Å². The molecule has 0 aromatic rings. The van der Waals surface area contributed by atoms with Crippen LogP contribution >= 0.6 is 0 Å². The van der Waals surface area contributed by atoms with Gasteiger partial charge in [-0.25, -0.2) is 0 Å². The Bertz CT molecular complexity index is 180. The summed E-state index contributed by atoms with van der Waals surface area (Å²) in [5, 5.41) is 16.8. The minimum absolute atomic E-state index is 0.0482. The number of rotatable bonds is 3. The van der Waals surface area contributed by atoms with Crippen LogP contribution in [0, 0.1) is 5.92 Å². The predicted molar refractivity (Wildman–Crippen MR) is 61.9 cm³/mol. The Kier molecular flexibility index (Phi) is 4.42. The molecule has 3 heteroatoms. The van der Waals surface area contributed by atoms with E-state index in [4.69, 9.17) is 0 Å². The summed E-state index contributed by atoms with van der Waals surface area (Å²) < 4.78 is 0. The van der Waals surface area contributed by atoms with Gasteiger partial charge in [0, 0.05) is 12.6 Å². The second-order valence-electron chi connectivity index (χ2n) is 5.04. The zero-order chi connectivity index (χ0) is 10.5. The minimum Gasteiger partial charge on any atom is -0.393 e. The van der Waals surface area contributed by atoms with Gasteiger partial charge in [-0.1, -0.05) is 12.8 Å². The highest BCUT2D eigenvalue weighted by molar-refractivity contribution is 4.80. The van der Waals surface area contributed by atoms with Crippen LogP contribution in [0.25, 0.3) is 0 Å². The van der Waals surface area contributed by atoms with E-state index in [1.165, 1.54) is 32.1 Å². The molecule has 1 heterocycles. The van der Waals surface area contributed by atoms with Crippen molar-refractivity contribution in [2.75, 3.05) is 19.6 Å². The zero-order valence-electron chi connectivity index (χ0n) is 9.54. The molecular formula is C12H24N2O. The molecule has 88 valence electrons. The van der Waals surface area contributed by atoms with Crippen molar-refractivity contribution in [2.24, 2.45) is 5.92 Å². The van der Waals surface area contributed by atoms with Crippen molar-refractivity contribution in [3.8, 4) is 0 Å². The lowest BCUT2D eigenvalue weighted by atomic mass is 9.86. The minimum atomic E-state index is -0.0482. The summed E-state index contributed by atoms with van der Waals surface area (Å²) in [5.41, 5.74) is 0. The van der Waals surface area contributed by atoms with Crippen LogP contribution in [0.15, 0.2) is 0 Å². The number of hydrogen-bond acceptors (Lipinski definition) is 3. The first-order chi connectivity index (χ1) is 7.36. The molecule has 1 aliphatic heterocycles. The fourth-order valence-electron chi connectivity index (χ4n) is 2.77. The largest absolute Gasteiger partial charge is 0.393 e. The van der Waals surface area contributed by atoms with Gasteiger partial charge in [-0.15, -0.1) is 0 Å². The van der Waals surface area contributed by atoms with Crippen LogP contribution in [0.3, 0.4) is 0 Å². The number of hydrogen-bond donors (Lipinski definition) is 3. The Hall–Kier alpha value is -0.120. The fourth-order valence-corrected chi connectivity index (χ4v) is 2.77. The monoisotopic (exact) mass is 212 g/mol. The second-order valence-corrected chi connectivity index (χ2v) is 5.04. The molecule has 0 bridgehead atoms. The van der Waals surface area contributed by atoms with Gasteiger partial charge in [-0.2, -0.15) is 0 Å². The van der Waals surface area contributed by atoms with Gasteiger partial charge in [-0.05, 0) is 44.7 Å². The molecule has 0 aromatic heterocycles.